The van der Waals surface area contributed by atoms with Crippen molar-refractivity contribution in [2.24, 2.45) is 0 Å². The van der Waals surface area contributed by atoms with E-state index < -0.39 is 0 Å². The number of aryl methyl sites for hydroxylation is 2. The molecule has 0 spiro atoms. The van der Waals surface area contributed by atoms with E-state index in [4.69, 9.17) is 4.74 Å². The van der Waals surface area contributed by atoms with E-state index in [-0.39, 0.29) is 17.7 Å². The maximum Gasteiger partial charge on any atom is 0.253 e. The lowest BCUT2D eigenvalue weighted by molar-refractivity contribution is 0.0904. The van der Waals surface area contributed by atoms with E-state index >= 15 is 0 Å². The second-order valence-electron chi connectivity index (χ2n) is 9.84. The van der Waals surface area contributed by atoms with Crippen LogP contribution < -0.4 is 5.56 Å². The van der Waals surface area contributed by atoms with Gasteiger partial charge in [0.05, 0.1) is 12.6 Å². The minimum Gasteiger partial charge on any atom is -0.376 e. The summed E-state index contributed by atoms with van der Waals surface area (Å²) in [5.74, 6) is 0.689. The fourth-order valence-electron chi connectivity index (χ4n) is 5.65. The number of pyridine rings is 1. The van der Waals surface area contributed by atoms with Crippen LogP contribution in [0.2, 0.25) is 0 Å². The number of tetrazole rings is 1. The minimum absolute atomic E-state index is 0.0973. The minimum atomic E-state index is -0.367. The van der Waals surface area contributed by atoms with Crippen molar-refractivity contribution in [3.8, 4) is 0 Å². The van der Waals surface area contributed by atoms with Crippen molar-refractivity contribution < 1.29 is 4.74 Å². The number of aromatic nitrogens is 5. The average Bonchev–Trinajstić information content (AvgIpc) is 3.53. The Hall–Kier alpha value is -3.36. The zero-order chi connectivity index (χ0) is 23.9. The van der Waals surface area contributed by atoms with Crippen molar-refractivity contribution in [3.05, 3.63) is 86.5 Å². The molecular weight excluding hydrogens is 440 g/mol. The molecule has 4 heterocycles. The highest BCUT2D eigenvalue weighted by atomic mass is 16.5. The summed E-state index contributed by atoms with van der Waals surface area (Å²) in [6.07, 6.45) is 3.07. The molecule has 0 aliphatic carbocycles. The number of benzene rings is 2. The van der Waals surface area contributed by atoms with Crippen molar-refractivity contribution >= 4 is 10.9 Å². The van der Waals surface area contributed by atoms with Crippen molar-refractivity contribution in [3.63, 3.8) is 0 Å². The number of hydrogen-bond donors (Lipinski definition) is 1. The van der Waals surface area contributed by atoms with E-state index in [2.05, 4.69) is 62.7 Å². The molecule has 4 aromatic rings. The van der Waals surface area contributed by atoms with Gasteiger partial charge in [-0.05, 0) is 77.9 Å². The normalized spacial score (nSPS) is 19.2. The highest BCUT2D eigenvalue weighted by molar-refractivity contribution is 5.83. The maximum absolute atomic E-state index is 13.6. The molecule has 8 heteroatoms. The largest absolute Gasteiger partial charge is 0.376 e. The summed E-state index contributed by atoms with van der Waals surface area (Å²) in [6, 6.07) is 14.4. The van der Waals surface area contributed by atoms with E-state index in [0.717, 1.165) is 61.0 Å². The summed E-state index contributed by atoms with van der Waals surface area (Å²) in [5, 5.41) is 13.9. The molecule has 0 radical (unpaired) electrons. The third-order valence-electron chi connectivity index (χ3n) is 7.37. The van der Waals surface area contributed by atoms with Gasteiger partial charge < -0.3 is 9.72 Å². The summed E-state index contributed by atoms with van der Waals surface area (Å²) in [6.45, 7) is 7.05. The third-order valence-corrected chi connectivity index (χ3v) is 7.37. The second kappa shape index (κ2) is 9.02. The predicted octanol–water partition coefficient (Wildman–Crippen LogP) is 3.46. The SMILES string of the molecule is Cc1cc(C)c2cc([C@@H](c3nnnn3C[C@@H]3CCCO3)N3CCc4ccccc4C3)c(=O)[nH]c2c1. The molecule has 180 valence electrons. The summed E-state index contributed by atoms with van der Waals surface area (Å²) in [5.41, 5.74) is 6.34. The molecule has 8 nitrogen and oxygen atoms in total. The Balaban J connectivity index is 1.48. The zero-order valence-electron chi connectivity index (χ0n) is 20.2. The first-order valence-corrected chi connectivity index (χ1v) is 12.4. The Morgan fingerprint density at radius 2 is 2.03 bits per heavy atom. The molecular formula is C27H30N6O2. The van der Waals surface area contributed by atoms with Crippen LogP contribution in [0.4, 0.5) is 0 Å². The number of ether oxygens (including phenoxy) is 1. The van der Waals surface area contributed by atoms with Crippen LogP contribution in [0, 0.1) is 13.8 Å². The number of H-pyrrole nitrogens is 1. The fraction of sp³-hybridized carbons (Fsp3) is 0.407. The molecule has 0 unspecified atom stereocenters. The Kier molecular flexibility index (Phi) is 5.70. The first-order chi connectivity index (χ1) is 17.1. The second-order valence-corrected chi connectivity index (χ2v) is 9.84. The molecule has 1 N–H and O–H groups in total. The molecule has 6 rings (SSSR count). The van der Waals surface area contributed by atoms with Gasteiger partial charge in [-0.1, -0.05) is 30.3 Å². The standard InChI is InChI=1S/C27H30N6O2/c1-17-12-18(2)22-14-23(27(34)28-24(22)13-17)25(32-10-9-19-6-3-4-7-20(19)15-32)26-29-30-31-33(26)16-21-8-5-11-35-21/h3-4,6-7,12-14,21,25H,5,8-11,15-16H2,1-2H3,(H,28,34)/t21-,25-/m0/s1. The lowest BCUT2D eigenvalue weighted by atomic mass is 9.95. The fourth-order valence-corrected chi connectivity index (χ4v) is 5.65. The number of hydrogen-bond acceptors (Lipinski definition) is 6. The van der Waals surface area contributed by atoms with Crippen LogP contribution in [0.15, 0.2) is 47.3 Å². The van der Waals surface area contributed by atoms with Gasteiger partial charge in [-0.25, -0.2) is 4.68 Å². The van der Waals surface area contributed by atoms with E-state index in [1.807, 2.05) is 23.7 Å². The van der Waals surface area contributed by atoms with E-state index in [1.54, 1.807) is 0 Å². The van der Waals surface area contributed by atoms with E-state index in [0.29, 0.717) is 17.9 Å². The number of rotatable bonds is 5. The molecule has 1 fully saturated rings. The van der Waals surface area contributed by atoms with Gasteiger partial charge in [0.1, 0.15) is 6.04 Å². The molecule has 2 aliphatic rings. The summed E-state index contributed by atoms with van der Waals surface area (Å²) in [4.78, 5) is 19.0. The highest BCUT2D eigenvalue weighted by Gasteiger charge is 2.33. The summed E-state index contributed by atoms with van der Waals surface area (Å²) < 4.78 is 7.71. The Morgan fingerprint density at radius 1 is 1.17 bits per heavy atom. The molecule has 2 aliphatic heterocycles. The van der Waals surface area contributed by atoms with Crippen LogP contribution in [-0.2, 0) is 24.2 Å². The van der Waals surface area contributed by atoms with Crippen molar-refractivity contribution in [1.29, 1.82) is 0 Å². The molecule has 2 aromatic carbocycles. The molecule has 2 aromatic heterocycles. The first kappa shape index (κ1) is 22.1. The van der Waals surface area contributed by atoms with Crippen LogP contribution in [-0.4, -0.2) is 49.3 Å². The Morgan fingerprint density at radius 3 is 2.86 bits per heavy atom. The average molecular weight is 471 g/mol. The van der Waals surface area contributed by atoms with Gasteiger partial charge in [-0.15, -0.1) is 5.10 Å². The first-order valence-electron chi connectivity index (χ1n) is 12.4. The van der Waals surface area contributed by atoms with Crippen LogP contribution in [0.3, 0.4) is 0 Å². The van der Waals surface area contributed by atoms with E-state index in [9.17, 15) is 4.79 Å². The zero-order valence-corrected chi connectivity index (χ0v) is 20.2. The smallest absolute Gasteiger partial charge is 0.253 e. The van der Waals surface area contributed by atoms with Gasteiger partial charge in [0.25, 0.3) is 5.56 Å². The number of nitrogens with zero attached hydrogens (tertiary/aromatic N) is 5. The lowest BCUT2D eigenvalue weighted by Gasteiger charge is -2.35. The van der Waals surface area contributed by atoms with Gasteiger partial charge in [0.2, 0.25) is 0 Å². The highest BCUT2D eigenvalue weighted by Crippen LogP contribution is 2.32. The Bertz CT molecular complexity index is 1440. The van der Waals surface area contributed by atoms with Crippen LogP contribution >= 0.6 is 0 Å². The quantitative estimate of drug-likeness (QED) is 0.481. The van der Waals surface area contributed by atoms with Crippen molar-refractivity contribution in [2.45, 2.75) is 58.3 Å². The monoisotopic (exact) mass is 470 g/mol. The van der Waals surface area contributed by atoms with E-state index in [1.165, 1.54) is 11.1 Å². The van der Waals surface area contributed by atoms with Gasteiger partial charge in [-0.3, -0.25) is 9.69 Å². The number of aromatic amines is 1. The summed E-state index contributed by atoms with van der Waals surface area (Å²) in [7, 11) is 0. The molecule has 0 amide bonds. The topological polar surface area (TPSA) is 88.9 Å². The van der Waals surface area contributed by atoms with Crippen molar-refractivity contribution in [2.75, 3.05) is 13.2 Å². The number of fused-ring (bicyclic) bond motifs is 2. The molecule has 1 saturated heterocycles. The van der Waals surface area contributed by atoms with Gasteiger partial charge >= 0.3 is 0 Å². The van der Waals surface area contributed by atoms with Gasteiger partial charge in [0, 0.05) is 36.2 Å². The predicted molar refractivity (Wildman–Crippen MR) is 133 cm³/mol. The lowest BCUT2D eigenvalue weighted by Crippen LogP contribution is -2.39. The van der Waals surface area contributed by atoms with Gasteiger partial charge in [-0.2, -0.15) is 0 Å². The van der Waals surface area contributed by atoms with Crippen LogP contribution in [0.5, 0.6) is 0 Å². The number of nitrogens with one attached hydrogen (secondary N) is 1. The maximum atomic E-state index is 13.6. The van der Waals surface area contributed by atoms with Crippen LogP contribution in [0.25, 0.3) is 10.9 Å². The summed E-state index contributed by atoms with van der Waals surface area (Å²) >= 11 is 0. The van der Waals surface area contributed by atoms with Crippen molar-refractivity contribution in [1.82, 2.24) is 30.1 Å². The van der Waals surface area contributed by atoms with Crippen LogP contribution in [0.1, 0.15) is 52.5 Å². The molecule has 0 saturated carbocycles. The molecule has 2 atom stereocenters. The van der Waals surface area contributed by atoms with Gasteiger partial charge in [0.15, 0.2) is 5.82 Å². The molecule has 0 bridgehead atoms. The third kappa shape index (κ3) is 4.17. The Labute approximate surface area is 203 Å². The molecule has 35 heavy (non-hydrogen) atoms.